The minimum Gasteiger partial charge on any atom is -0.493 e. The zero-order chi connectivity index (χ0) is 38.8. The van der Waals surface area contributed by atoms with E-state index in [1.807, 2.05) is 0 Å². The van der Waals surface area contributed by atoms with Crippen molar-refractivity contribution in [3.8, 4) is 34.5 Å². The normalized spacial score (nSPS) is 10.5. The first-order valence-corrected chi connectivity index (χ1v) is 18.2. The van der Waals surface area contributed by atoms with Crippen molar-refractivity contribution in [1.29, 1.82) is 0 Å². The van der Waals surface area contributed by atoms with E-state index in [0.717, 1.165) is 15.6 Å². The Morgan fingerprint density at radius 3 is 1.24 bits per heavy atom. The van der Waals surface area contributed by atoms with Crippen molar-refractivity contribution in [3.05, 3.63) is 139 Å². The molecule has 0 unspecified atom stereocenters. The van der Waals surface area contributed by atoms with Crippen LogP contribution in [0.25, 0.3) is 0 Å². The van der Waals surface area contributed by atoms with Crippen LogP contribution in [0.2, 0.25) is 0 Å². The maximum absolute atomic E-state index is 13.0. The fourth-order valence-corrected chi connectivity index (χ4v) is 6.99. The summed E-state index contributed by atoms with van der Waals surface area (Å²) in [5.41, 5.74) is 4.90. The SMILES string of the molecule is COc1cc(C(=O)c2csc(Cc3ccc(C)cc3)n2)cc(OC)c1OC.COc1cc(C(=O)c2csc(Cc3ccc(F)cc3)n2)cc(OC)c1OC. The van der Waals surface area contributed by atoms with Gasteiger partial charge in [-0.05, 0) is 54.4 Å². The molecule has 0 amide bonds. The van der Waals surface area contributed by atoms with Gasteiger partial charge in [-0.15, -0.1) is 22.7 Å². The molecule has 6 aromatic rings. The molecule has 2 aromatic heterocycles. The summed E-state index contributed by atoms with van der Waals surface area (Å²) in [4.78, 5) is 34.7. The van der Waals surface area contributed by atoms with Crippen molar-refractivity contribution < 1.29 is 42.4 Å². The van der Waals surface area contributed by atoms with Crippen molar-refractivity contribution in [1.82, 2.24) is 9.97 Å². The maximum atomic E-state index is 13.0. The summed E-state index contributed by atoms with van der Waals surface area (Å²) in [5.74, 6) is 1.86. The Balaban J connectivity index is 0.000000208. The third-order valence-electron chi connectivity index (χ3n) is 8.17. The number of ether oxygens (including phenoxy) is 6. The second kappa shape index (κ2) is 18.3. The first kappa shape index (κ1) is 39.4. The highest BCUT2D eigenvalue weighted by atomic mass is 32.1. The molecule has 13 heteroatoms. The van der Waals surface area contributed by atoms with Crippen LogP contribution in [0.1, 0.15) is 58.8 Å². The zero-order valence-corrected chi connectivity index (χ0v) is 32.5. The number of hydrogen-bond acceptors (Lipinski definition) is 12. The first-order valence-electron chi connectivity index (χ1n) is 16.5. The summed E-state index contributed by atoms with van der Waals surface area (Å²) in [6, 6.07) is 21.0. The molecule has 0 bridgehead atoms. The van der Waals surface area contributed by atoms with Crippen LogP contribution in [0.3, 0.4) is 0 Å². The average Bonchev–Trinajstić information content (AvgIpc) is 3.88. The van der Waals surface area contributed by atoms with E-state index in [1.165, 1.54) is 88.6 Å². The molecule has 0 N–H and O–H groups in total. The van der Waals surface area contributed by atoms with Crippen LogP contribution < -0.4 is 28.4 Å². The van der Waals surface area contributed by atoms with Crippen molar-refractivity contribution >= 4 is 34.2 Å². The van der Waals surface area contributed by atoms with Gasteiger partial charge in [0.25, 0.3) is 0 Å². The van der Waals surface area contributed by atoms with Gasteiger partial charge in [-0.1, -0.05) is 42.0 Å². The van der Waals surface area contributed by atoms with Gasteiger partial charge in [0.15, 0.2) is 23.0 Å². The van der Waals surface area contributed by atoms with Gasteiger partial charge in [0.05, 0.1) is 52.7 Å². The molecule has 4 aromatic carbocycles. The lowest BCUT2D eigenvalue weighted by molar-refractivity contribution is 0.102. The maximum Gasteiger partial charge on any atom is 0.212 e. The fraction of sp³-hybridized carbons (Fsp3) is 0.220. The summed E-state index contributed by atoms with van der Waals surface area (Å²) >= 11 is 2.87. The summed E-state index contributed by atoms with van der Waals surface area (Å²) < 4.78 is 44.8. The van der Waals surface area contributed by atoms with Gasteiger partial charge in [-0.3, -0.25) is 9.59 Å². The lowest BCUT2D eigenvalue weighted by Crippen LogP contribution is -2.05. The smallest absolute Gasteiger partial charge is 0.212 e. The number of halogens is 1. The van der Waals surface area contributed by atoms with Crippen molar-refractivity contribution in [2.45, 2.75) is 19.8 Å². The van der Waals surface area contributed by atoms with Crippen LogP contribution in [0.15, 0.2) is 83.6 Å². The van der Waals surface area contributed by atoms with Gasteiger partial charge < -0.3 is 28.4 Å². The Morgan fingerprint density at radius 2 is 0.907 bits per heavy atom. The molecule has 0 spiro atoms. The number of carbonyl (C=O) groups is 2. The van der Waals surface area contributed by atoms with Crippen molar-refractivity contribution in [3.63, 3.8) is 0 Å². The van der Waals surface area contributed by atoms with Gasteiger partial charge in [-0.2, -0.15) is 0 Å². The molecule has 280 valence electrons. The van der Waals surface area contributed by atoms with Crippen LogP contribution in [-0.2, 0) is 12.8 Å². The van der Waals surface area contributed by atoms with Crippen LogP contribution >= 0.6 is 22.7 Å². The molecule has 0 aliphatic carbocycles. The molecule has 0 fully saturated rings. The Hall–Kier alpha value is -5.79. The van der Waals surface area contributed by atoms with Crippen LogP contribution in [0.4, 0.5) is 4.39 Å². The van der Waals surface area contributed by atoms with Crippen molar-refractivity contribution in [2.75, 3.05) is 42.7 Å². The highest BCUT2D eigenvalue weighted by Crippen LogP contribution is 2.40. The minimum absolute atomic E-state index is 0.180. The van der Waals surface area contributed by atoms with E-state index < -0.39 is 0 Å². The van der Waals surface area contributed by atoms with E-state index in [9.17, 15) is 14.0 Å². The number of ketones is 2. The predicted molar refractivity (Wildman–Crippen MR) is 206 cm³/mol. The van der Waals surface area contributed by atoms with Crippen LogP contribution in [0, 0.1) is 12.7 Å². The highest BCUT2D eigenvalue weighted by molar-refractivity contribution is 7.10. The highest BCUT2D eigenvalue weighted by Gasteiger charge is 2.21. The Morgan fingerprint density at radius 1 is 0.556 bits per heavy atom. The summed E-state index contributed by atoms with van der Waals surface area (Å²) in [6.07, 6.45) is 1.24. The Kier molecular flexibility index (Phi) is 13.4. The van der Waals surface area contributed by atoms with E-state index in [0.29, 0.717) is 69.9 Å². The van der Waals surface area contributed by atoms with Gasteiger partial charge in [0.2, 0.25) is 23.1 Å². The molecular weight excluding hydrogens is 732 g/mol. The van der Waals surface area contributed by atoms with Gasteiger partial charge in [0, 0.05) is 34.7 Å². The van der Waals surface area contributed by atoms with Gasteiger partial charge >= 0.3 is 0 Å². The number of aromatic nitrogens is 2. The summed E-state index contributed by atoms with van der Waals surface area (Å²) in [6.45, 7) is 2.06. The first-order chi connectivity index (χ1) is 26.1. The minimum atomic E-state index is -0.281. The lowest BCUT2D eigenvalue weighted by Gasteiger charge is -2.13. The van der Waals surface area contributed by atoms with Crippen molar-refractivity contribution in [2.24, 2.45) is 0 Å². The molecule has 0 atom stereocenters. The fourth-order valence-electron chi connectivity index (χ4n) is 5.37. The number of thiazole rings is 2. The molecular formula is C41H39FN2O8S2. The quantitative estimate of drug-likeness (QED) is 0.100. The monoisotopic (exact) mass is 770 g/mol. The molecule has 0 aliphatic rings. The predicted octanol–water partition coefficient (Wildman–Crippen LogP) is 8.43. The molecule has 10 nitrogen and oxygen atoms in total. The van der Waals surface area contributed by atoms with Crippen LogP contribution in [0.5, 0.6) is 34.5 Å². The number of carbonyl (C=O) groups excluding carboxylic acids is 2. The number of aryl methyl sites for hydroxylation is 1. The van der Waals surface area contributed by atoms with E-state index in [2.05, 4.69) is 41.2 Å². The number of benzene rings is 4. The number of nitrogens with zero attached hydrogens (tertiary/aromatic N) is 2. The van der Waals surface area contributed by atoms with Gasteiger partial charge in [0.1, 0.15) is 17.2 Å². The standard InChI is InChI=1S/C21H21NO4S.C20H18FNO4S/c1-13-5-7-14(8-6-13)9-19-22-16(12-27-19)20(23)15-10-17(24-2)21(26-4)18(11-15)25-3;1-24-16-9-13(10-17(25-2)20(16)26-3)19(23)15-11-27-18(22-15)8-12-4-6-14(21)7-5-12/h5-8,10-12H,9H2,1-4H3;4-7,9-11H,8H2,1-3H3. The lowest BCUT2D eigenvalue weighted by atomic mass is 10.1. The van der Waals surface area contributed by atoms with E-state index in [-0.39, 0.29) is 17.4 Å². The van der Waals surface area contributed by atoms with Crippen LogP contribution in [-0.4, -0.2) is 64.2 Å². The Bertz CT molecular complexity index is 2010. The molecule has 0 saturated heterocycles. The van der Waals surface area contributed by atoms with E-state index in [4.69, 9.17) is 28.4 Å². The molecule has 0 radical (unpaired) electrons. The molecule has 2 heterocycles. The number of rotatable bonds is 14. The third-order valence-corrected chi connectivity index (χ3v) is 9.86. The topological polar surface area (TPSA) is 115 Å². The zero-order valence-electron chi connectivity index (χ0n) is 30.9. The summed E-state index contributed by atoms with van der Waals surface area (Å²) in [5, 5.41) is 5.17. The largest absolute Gasteiger partial charge is 0.493 e. The Labute approximate surface area is 321 Å². The third kappa shape index (κ3) is 9.41. The number of hydrogen-bond donors (Lipinski definition) is 0. The van der Waals surface area contributed by atoms with E-state index in [1.54, 1.807) is 47.2 Å². The molecule has 0 aliphatic heterocycles. The average molecular weight is 771 g/mol. The number of methoxy groups -OCH3 is 6. The van der Waals surface area contributed by atoms with Gasteiger partial charge in [-0.25, -0.2) is 14.4 Å². The summed E-state index contributed by atoms with van der Waals surface area (Å²) in [7, 11) is 9.07. The molecule has 6 rings (SSSR count). The molecule has 54 heavy (non-hydrogen) atoms. The van der Waals surface area contributed by atoms with E-state index >= 15 is 0 Å². The second-order valence-electron chi connectivity index (χ2n) is 11.7. The molecule has 0 saturated carbocycles. The second-order valence-corrected chi connectivity index (χ2v) is 13.6.